The topological polar surface area (TPSA) is 3.24 Å². The van der Waals surface area contributed by atoms with Crippen LogP contribution in [0, 0.1) is 10.5 Å². The number of nitrogens with zero attached hydrogens (tertiary/aromatic N) is 1. The summed E-state index contributed by atoms with van der Waals surface area (Å²) in [7, 11) is 0. The molecule has 1 nitrogen and oxygen atoms in total. The van der Waals surface area contributed by atoms with E-state index in [1.807, 2.05) is 4.31 Å². The van der Waals surface area contributed by atoms with Gasteiger partial charge >= 0.3 is 0 Å². The van der Waals surface area contributed by atoms with Gasteiger partial charge in [-0.3, -0.25) is 0 Å². The molecule has 0 aliphatic carbocycles. The minimum absolute atomic E-state index is 1.04. The zero-order chi connectivity index (χ0) is 8.72. The standard InChI is InChI=1S/C9H10INS/c1-6-4-7-2-3-11(12)9(7)5-8(6)10/h4-5,12H,2-3H2,1H3. The summed E-state index contributed by atoms with van der Waals surface area (Å²) >= 11 is 6.75. The third-order valence-electron chi connectivity index (χ3n) is 2.23. The highest BCUT2D eigenvalue weighted by atomic mass is 127. The zero-order valence-corrected chi connectivity index (χ0v) is 9.89. The monoisotopic (exact) mass is 291 g/mol. The Kier molecular flexibility index (Phi) is 2.25. The summed E-state index contributed by atoms with van der Waals surface area (Å²) in [5, 5.41) is 0. The molecule has 0 saturated carbocycles. The number of benzene rings is 1. The van der Waals surface area contributed by atoms with Gasteiger partial charge in [0.2, 0.25) is 0 Å². The van der Waals surface area contributed by atoms with Crippen LogP contribution in [0.15, 0.2) is 12.1 Å². The molecule has 0 fully saturated rings. The van der Waals surface area contributed by atoms with Crippen LogP contribution in [0.5, 0.6) is 0 Å². The summed E-state index contributed by atoms with van der Waals surface area (Å²) in [6, 6.07) is 4.48. The molecule has 64 valence electrons. The first kappa shape index (κ1) is 8.69. The Bertz CT molecular complexity index is 325. The first-order valence-corrected chi connectivity index (χ1v) is 5.42. The lowest BCUT2D eigenvalue weighted by Gasteiger charge is -2.10. The predicted molar refractivity (Wildman–Crippen MR) is 63.9 cm³/mol. The number of anilines is 1. The van der Waals surface area contributed by atoms with Crippen LogP contribution >= 0.6 is 35.4 Å². The van der Waals surface area contributed by atoms with Crippen molar-refractivity contribution >= 4 is 41.1 Å². The molecule has 12 heavy (non-hydrogen) atoms. The quantitative estimate of drug-likeness (QED) is 0.568. The van der Waals surface area contributed by atoms with Crippen molar-refractivity contribution < 1.29 is 0 Å². The van der Waals surface area contributed by atoms with Gasteiger partial charge in [0.25, 0.3) is 0 Å². The highest BCUT2D eigenvalue weighted by molar-refractivity contribution is 14.1. The molecule has 0 atom stereocenters. The average Bonchev–Trinajstić information content (AvgIpc) is 2.35. The molecule has 0 aromatic heterocycles. The molecule has 0 amide bonds. The second-order valence-corrected chi connectivity index (χ2v) is 4.75. The predicted octanol–water partition coefficient (Wildman–Crippen LogP) is 2.81. The van der Waals surface area contributed by atoms with Crippen LogP contribution in [0.2, 0.25) is 0 Å². The molecule has 0 saturated heterocycles. The molecule has 0 spiro atoms. The van der Waals surface area contributed by atoms with Gasteiger partial charge in [-0.25, -0.2) is 0 Å². The summed E-state index contributed by atoms with van der Waals surface area (Å²) in [5.74, 6) is 0. The van der Waals surface area contributed by atoms with Crippen molar-refractivity contribution in [3.63, 3.8) is 0 Å². The fourth-order valence-electron chi connectivity index (χ4n) is 1.52. The maximum Gasteiger partial charge on any atom is 0.0510 e. The Morgan fingerprint density at radius 2 is 2.25 bits per heavy atom. The largest absolute Gasteiger partial charge is 0.318 e. The summed E-state index contributed by atoms with van der Waals surface area (Å²) in [6.45, 7) is 3.20. The lowest BCUT2D eigenvalue weighted by Crippen LogP contribution is -2.04. The Morgan fingerprint density at radius 3 is 3.00 bits per heavy atom. The Morgan fingerprint density at radius 1 is 1.50 bits per heavy atom. The van der Waals surface area contributed by atoms with E-state index in [0.717, 1.165) is 13.0 Å². The van der Waals surface area contributed by atoms with Crippen LogP contribution in [0.25, 0.3) is 0 Å². The highest BCUT2D eigenvalue weighted by Gasteiger charge is 2.17. The number of rotatable bonds is 0. The average molecular weight is 291 g/mol. The van der Waals surface area contributed by atoms with Crippen LogP contribution in [-0.2, 0) is 6.42 Å². The second-order valence-electron chi connectivity index (χ2n) is 3.10. The molecule has 0 bridgehead atoms. The number of aryl methyl sites for hydroxylation is 1. The molecular weight excluding hydrogens is 281 g/mol. The Hall–Kier alpha value is 0.1000. The molecule has 3 heteroatoms. The van der Waals surface area contributed by atoms with Gasteiger partial charge in [0.15, 0.2) is 0 Å². The molecule has 0 N–H and O–H groups in total. The van der Waals surface area contributed by atoms with Crippen molar-refractivity contribution in [1.29, 1.82) is 0 Å². The van der Waals surface area contributed by atoms with E-state index in [-0.39, 0.29) is 0 Å². The molecule has 1 aliphatic rings. The Labute approximate surface area is 91.8 Å². The second kappa shape index (κ2) is 3.10. The number of fused-ring (bicyclic) bond motifs is 1. The first-order valence-electron chi connectivity index (χ1n) is 3.94. The molecule has 1 aliphatic heterocycles. The third kappa shape index (κ3) is 1.33. The van der Waals surface area contributed by atoms with Gasteiger partial charge in [0, 0.05) is 10.1 Å². The van der Waals surface area contributed by atoms with Crippen molar-refractivity contribution in [2.75, 3.05) is 10.8 Å². The van der Waals surface area contributed by atoms with E-state index < -0.39 is 0 Å². The van der Waals surface area contributed by atoms with Gasteiger partial charge < -0.3 is 4.31 Å². The van der Waals surface area contributed by atoms with Gasteiger partial charge in [-0.2, -0.15) is 0 Å². The van der Waals surface area contributed by atoms with E-state index in [1.165, 1.54) is 20.4 Å². The number of thiol groups is 1. The minimum atomic E-state index is 1.04. The van der Waals surface area contributed by atoms with Crippen LogP contribution in [0.3, 0.4) is 0 Å². The van der Waals surface area contributed by atoms with Crippen LogP contribution < -0.4 is 4.31 Å². The maximum absolute atomic E-state index is 4.38. The maximum atomic E-state index is 4.38. The van der Waals surface area contributed by atoms with E-state index in [1.54, 1.807) is 0 Å². The van der Waals surface area contributed by atoms with E-state index in [0.29, 0.717) is 0 Å². The molecule has 1 heterocycles. The van der Waals surface area contributed by atoms with Gasteiger partial charge in [-0.05, 0) is 53.1 Å². The minimum Gasteiger partial charge on any atom is -0.318 e. The highest BCUT2D eigenvalue weighted by Crippen LogP contribution is 2.32. The third-order valence-corrected chi connectivity index (χ3v) is 3.81. The summed E-state index contributed by atoms with van der Waals surface area (Å²) in [4.78, 5) is 0. The fourth-order valence-corrected chi connectivity index (χ4v) is 2.25. The van der Waals surface area contributed by atoms with Crippen LogP contribution in [0.1, 0.15) is 11.1 Å². The normalized spacial score (nSPS) is 15.1. The lowest BCUT2D eigenvalue weighted by atomic mass is 10.1. The molecule has 1 aromatic rings. The van der Waals surface area contributed by atoms with Gasteiger partial charge in [0.05, 0.1) is 5.69 Å². The van der Waals surface area contributed by atoms with Crippen molar-refractivity contribution in [2.45, 2.75) is 13.3 Å². The molecule has 0 unspecified atom stereocenters. The molecular formula is C9H10INS. The number of hydrogen-bond donors (Lipinski definition) is 1. The van der Waals surface area contributed by atoms with Crippen molar-refractivity contribution in [2.24, 2.45) is 0 Å². The van der Waals surface area contributed by atoms with E-state index >= 15 is 0 Å². The zero-order valence-electron chi connectivity index (χ0n) is 6.84. The van der Waals surface area contributed by atoms with Crippen molar-refractivity contribution in [3.05, 3.63) is 26.8 Å². The number of hydrogen-bond acceptors (Lipinski definition) is 2. The van der Waals surface area contributed by atoms with E-state index in [4.69, 9.17) is 0 Å². The molecule has 1 aromatic carbocycles. The summed E-state index contributed by atoms with van der Waals surface area (Å²) in [5.41, 5.74) is 4.09. The first-order chi connectivity index (χ1) is 5.68. The smallest absolute Gasteiger partial charge is 0.0510 e. The van der Waals surface area contributed by atoms with Crippen LogP contribution in [-0.4, -0.2) is 6.54 Å². The fraction of sp³-hybridized carbons (Fsp3) is 0.333. The van der Waals surface area contributed by atoms with Gasteiger partial charge in [-0.1, -0.05) is 18.9 Å². The van der Waals surface area contributed by atoms with Crippen LogP contribution in [0.4, 0.5) is 5.69 Å². The molecule has 0 radical (unpaired) electrons. The van der Waals surface area contributed by atoms with Gasteiger partial charge in [-0.15, -0.1) is 0 Å². The van der Waals surface area contributed by atoms with Crippen molar-refractivity contribution in [3.8, 4) is 0 Å². The summed E-state index contributed by atoms with van der Waals surface area (Å²) in [6.07, 6.45) is 1.14. The SMILES string of the molecule is Cc1cc2c(cc1I)N(S)CC2. The number of halogens is 1. The molecule has 2 rings (SSSR count). The summed E-state index contributed by atoms with van der Waals surface area (Å²) < 4.78 is 3.35. The van der Waals surface area contributed by atoms with E-state index in [2.05, 4.69) is 54.5 Å². The van der Waals surface area contributed by atoms with Crippen molar-refractivity contribution in [1.82, 2.24) is 0 Å². The lowest BCUT2D eigenvalue weighted by molar-refractivity contribution is 1.06. The van der Waals surface area contributed by atoms with Gasteiger partial charge in [0.1, 0.15) is 0 Å². The van der Waals surface area contributed by atoms with E-state index in [9.17, 15) is 0 Å². The Balaban J connectivity index is 2.56.